The predicted molar refractivity (Wildman–Crippen MR) is 122 cm³/mol. The molecule has 1 aliphatic heterocycles. The molecule has 1 aliphatic rings. The van der Waals surface area contributed by atoms with Crippen molar-refractivity contribution in [1.29, 1.82) is 0 Å². The maximum absolute atomic E-state index is 12.6. The van der Waals surface area contributed by atoms with Crippen molar-refractivity contribution in [2.75, 3.05) is 6.79 Å². The summed E-state index contributed by atoms with van der Waals surface area (Å²) in [5, 5.41) is 4.26. The molecule has 8 heteroatoms. The van der Waals surface area contributed by atoms with E-state index >= 15 is 0 Å². The van der Waals surface area contributed by atoms with Crippen LogP contribution in [0.25, 0.3) is 27.5 Å². The number of para-hydroxylation sites is 2. The van der Waals surface area contributed by atoms with Gasteiger partial charge in [-0.2, -0.15) is 4.94 Å². The fourth-order valence-corrected chi connectivity index (χ4v) is 4.96. The summed E-state index contributed by atoms with van der Waals surface area (Å²) in [5.41, 5.74) is 1.87. The summed E-state index contributed by atoms with van der Waals surface area (Å²) in [7, 11) is -0.619. The smallest absolute Gasteiger partial charge is 0.462 e. The monoisotopic (exact) mass is 439 g/mol. The first-order chi connectivity index (χ1) is 14.8. The van der Waals surface area contributed by atoms with Gasteiger partial charge in [-0.15, -0.1) is 11.3 Å². The van der Waals surface area contributed by atoms with E-state index in [9.17, 15) is 4.53 Å². The van der Waals surface area contributed by atoms with E-state index in [1.54, 1.807) is 0 Å². The molecule has 0 saturated carbocycles. The predicted octanol–water partition coefficient (Wildman–Crippen LogP) is 5.38. The Balaban J connectivity index is 1.71. The molecule has 0 bridgehead atoms. The van der Waals surface area contributed by atoms with E-state index in [1.165, 1.54) is 11.3 Å². The van der Waals surface area contributed by atoms with Crippen molar-refractivity contribution in [1.82, 2.24) is 4.57 Å². The van der Waals surface area contributed by atoms with Gasteiger partial charge in [0.15, 0.2) is 5.75 Å². The van der Waals surface area contributed by atoms with E-state index in [-0.39, 0.29) is 0 Å². The van der Waals surface area contributed by atoms with Crippen LogP contribution < -0.4 is 9.51 Å². The Hall–Kier alpha value is -2.39. The first kappa shape index (κ1) is 20.5. The molecule has 0 N–H and O–H groups in total. The first-order valence-electron chi connectivity index (χ1n) is 10.2. The van der Waals surface area contributed by atoms with Gasteiger partial charge >= 0.3 is 7.12 Å². The molecule has 0 radical (unpaired) electrons. The zero-order valence-corrected chi connectivity index (χ0v) is 18.7. The number of nitrogens with zero attached hydrogens (tertiary/aromatic N) is 1. The van der Waals surface area contributed by atoms with E-state index in [0.717, 1.165) is 32.3 Å². The van der Waals surface area contributed by atoms with Gasteiger partial charge in [-0.25, -0.2) is 0 Å². The molecule has 160 valence electrons. The van der Waals surface area contributed by atoms with Crippen molar-refractivity contribution in [2.24, 2.45) is 0 Å². The molecule has 5 nitrogen and oxygen atoms in total. The van der Waals surface area contributed by atoms with Crippen LogP contribution in [0.2, 0.25) is 0 Å². The molecular weight excluding hydrogens is 416 g/mol. The quantitative estimate of drug-likeness (QED) is 0.309. The van der Waals surface area contributed by atoms with Crippen LogP contribution in [0.1, 0.15) is 27.7 Å². The van der Waals surface area contributed by atoms with Gasteiger partial charge in [-0.05, 0) is 44.4 Å². The van der Waals surface area contributed by atoms with E-state index in [0.29, 0.717) is 5.75 Å². The summed E-state index contributed by atoms with van der Waals surface area (Å²) in [6.45, 7) is 7.48. The van der Waals surface area contributed by atoms with Crippen molar-refractivity contribution >= 4 is 45.0 Å². The average Bonchev–Trinajstić information content (AvgIpc) is 3.36. The second kappa shape index (κ2) is 7.34. The maximum atomic E-state index is 12.6. The maximum Gasteiger partial charge on any atom is 0.509 e. The zero-order chi connectivity index (χ0) is 21.8. The third-order valence-corrected chi connectivity index (χ3v) is 7.26. The van der Waals surface area contributed by atoms with Crippen molar-refractivity contribution < 1.29 is 23.5 Å². The molecule has 0 amide bonds. The fourth-order valence-electron chi connectivity index (χ4n) is 4.03. The molecule has 4 aromatic rings. The highest BCUT2D eigenvalue weighted by Gasteiger charge is 2.53. The standard InChI is InChI=1S/C23H23BFNO4S/c1-22(2)23(3,4)30-24(29-22)21-20(27-14-28-25)19(13-31-21)26-17-11-7-5-9-15(17)16-10-6-8-12-18(16)26/h5-13H,14H2,1-4H3. The second-order valence-corrected chi connectivity index (χ2v) is 9.55. The topological polar surface area (TPSA) is 41.9 Å². The average molecular weight is 439 g/mol. The van der Waals surface area contributed by atoms with Crippen LogP contribution >= 0.6 is 11.3 Å². The third-order valence-electron chi connectivity index (χ3n) is 6.29. The Morgan fingerprint density at radius 2 is 1.48 bits per heavy atom. The highest BCUT2D eigenvalue weighted by atomic mass is 32.1. The minimum absolute atomic E-state index is 0.493. The summed E-state index contributed by atoms with van der Waals surface area (Å²) in [6.07, 6.45) is 0. The summed E-state index contributed by atoms with van der Waals surface area (Å²) in [4.78, 5) is 3.75. The van der Waals surface area contributed by atoms with E-state index in [2.05, 4.69) is 33.8 Å². The van der Waals surface area contributed by atoms with Crippen molar-refractivity contribution in [3.05, 3.63) is 53.9 Å². The lowest BCUT2D eigenvalue weighted by atomic mass is 9.87. The number of rotatable bonds is 5. The van der Waals surface area contributed by atoms with E-state index in [4.69, 9.17) is 14.0 Å². The lowest BCUT2D eigenvalue weighted by Gasteiger charge is -2.32. The van der Waals surface area contributed by atoms with Crippen LogP contribution in [0.15, 0.2) is 53.9 Å². The second-order valence-electron chi connectivity index (χ2n) is 8.64. The van der Waals surface area contributed by atoms with Crippen LogP contribution in [-0.2, 0) is 14.3 Å². The molecular formula is C23H23BFNO4S. The SMILES string of the molecule is CC1(C)OB(c2scc(-n3c4ccccc4c4ccccc43)c2OCOF)OC1(C)C. The molecule has 2 aromatic carbocycles. The van der Waals surface area contributed by atoms with Gasteiger partial charge in [0.25, 0.3) is 0 Å². The summed E-state index contributed by atoms with van der Waals surface area (Å²) >= 11 is 1.47. The number of fused-ring (bicyclic) bond motifs is 3. The number of thiophene rings is 1. The normalized spacial score (nSPS) is 17.6. The molecule has 1 saturated heterocycles. The molecule has 1 fully saturated rings. The number of benzene rings is 2. The Morgan fingerprint density at radius 1 is 0.935 bits per heavy atom. The Morgan fingerprint density at radius 3 is 2.03 bits per heavy atom. The molecule has 2 aromatic heterocycles. The summed E-state index contributed by atoms with van der Waals surface area (Å²) in [5.74, 6) is 0.493. The van der Waals surface area contributed by atoms with Crippen LogP contribution in [0.3, 0.4) is 0 Å². The van der Waals surface area contributed by atoms with Crippen molar-refractivity contribution in [3.63, 3.8) is 0 Å². The lowest BCUT2D eigenvalue weighted by Crippen LogP contribution is -2.41. The van der Waals surface area contributed by atoms with Gasteiger partial charge in [-0.3, -0.25) is 0 Å². The fraction of sp³-hybridized carbons (Fsp3) is 0.304. The van der Waals surface area contributed by atoms with Gasteiger partial charge in [0, 0.05) is 16.2 Å². The number of halogens is 1. The highest BCUT2D eigenvalue weighted by Crippen LogP contribution is 2.41. The highest BCUT2D eigenvalue weighted by molar-refractivity contribution is 7.21. The largest absolute Gasteiger partial charge is 0.509 e. The minimum atomic E-state index is -0.619. The number of ether oxygens (including phenoxy) is 1. The molecule has 0 aliphatic carbocycles. The Bertz CT molecular complexity index is 1200. The summed E-state index contributed by atoms with van der Waals surface area (Å²) in [6, 6.07) is 16.4. The third kappa shape index (κ3) is 3.17. The van der Waals surface area contributed by atoms with Gasteiger partial charge in [0.05, 0.1) is 32.7 Å². The van der Waals surface area contributed by atoms with Gasteiger partial charge in [0.1, 0.15) is 0 Å². The van der Waals surface area contributed by atoms with E-state index in [1.807, 2.05) is 57.3 Å². The number of hydrogen-bond acceptors (Lipinski definition) is 5. The Labute approximate surface area is 184 Å². The molecule has 31 heavy (non-hydrogen) atoms. The molecule has 0 spiro atoms. The van der Waals surface area contributed by atoms with E-state index < -0.39 is 25.1 Å². The van der Waals surface area contributed by atoms with Crippen LogP contribution in [-0.4, -0.2) is 29.7 Å². The van der Waals surface area contributed by atoms with Crippen molar-refractivity contribution in [2.45, 2.75) is 38.9 Å². The first-order valence-corrected chi connectivity index (χ1v) is 11.0. The minimum Gasteiger partial charge on any atom is -0.462 e. The van der Waals surface area contributed by atoms with Crippen molar-refractivity contribution in [3.8, 4) is 11.4 Å². The van der Waals surface area contributed by atoms with Gasteiger partial charge in [0.2, 0.25) is 6.79 Å². The van der Waals surface area contributed by atoms with Crippen LogP contribution in [0.4, 0.5) is 4.53 Å². The zero-order valence-electron chi connectivity index (χ0n) is 17.8. The summed E-state index contributed by atoms with van der Waals surface area (Å²) < 4.78 is 33.7. The lowest BCUT2D eigenvalue weighted by molar-refractivity contribution is -0.183. The van der Waals surface area contributed by atoms with Crippen LogP contribution in [0.5, 0.6) is 5.75 Å². The Kier molecular flexibility index (Phi) is 4.86. The van der Waals surface area contributed by atoms with Gasteiger partial charge in [-0.1, -0.05) is 36.4 Å². The number of aromatic nitrogens is 1. The molecule has 0 unspecified atom stereocenters. The van der Waals surface area contributed by atoms with Crippen LogP contribution in [0, 0.1) is 0 Å². The molecule has 3 heterocycles. The molecule has 0 atom stereocenters. The van der Waals surface area contributed by atoms with Gasteiger partial charge < -0.3 is 18.6 Å². The molecule has 5 rings (SSSR count). The number of hydrogen-bond donors (Lipinski definition) is 0.